The molecule has 0 heterocycles. The summed E-state index contributed by atoms with van der Waals surface area (Å²) in [6.45, 7) is 9.61. The van der Waals surface area contributed by atoms with E-state index in [1.807, 2.05) is 0 Å². The van der Waals surface area contributed by atoms with Gasteiger partial charge in [0.2, 0.25) is 0 Å². The smallest absolute Gasteiger partial charge is 0.275 e. The molecule has 1 aromatic rings. The molecule has 1 rings (SSSR count). The van der Waals surface area contributed by atoms with Crippen LogP contribution in [0.5, 0.6) is 0 Å². The maximum atomic E-state index is 11.0. The van der Waals surface area contributed by atoms with E-state index in [1.54, 1.807) is 12.1 Å². The SMILES string of the molecule is CCN(CC)CC(C)NCc1c(Cl)cccc1[N+](=O)[O-]. The highest BCUT2D eigenvalue weighted by atomic mass is 35.5. The van der Waals surface area contributed by atoms with Crippen LogP contribution in [0.4, 0.5) is 5.69 Å². The van der Waals surface area contributed by atoms with E-state index in [0.29, 0.717) is 17.1 Å². The summed E-state index contributed by atoms with van der Waals surface area (Å²) in [5.41, 5.74) is 0.616. The molecule has 0 saturated carbocycles. The summed E-state index contributed by atoms with van der Waals surface area (Å²) in [6.07, 6.45) is 0. The van der Waals surface area contributed by atoms with E-state index in [-0.39, 0.29) is 11.7 Å². The fourth-order valence-electron chi connectivity index (χ4n) is 2.10. The molecule has 0 aliphatic heterocycles. The molecular formula is C14H22ClN3O2. The van der Waals surface area contributed by atoms with Gasteiger partial charge in [0.1, 0.15) is 0 Å². The second-order valence-corrected chi connectivity index (χ2v) is 5.17. The van der Waals surface area contributed by atoms with Crippen LogP contribution in [0.3, 0.4) is 0 Å². The minimum absolute atomic E-state index is 0.0695. The third-order valence-corrected chi connectivity index (χ3v) is 3.70. The van der Waals surface area contributed by atoms with Gasteiger partial charge in [-0.3, -0.25) is 10.1 Å². The van der Waals surface area contributed by atoms with Crippen LogP contribution in [0.2, 0.25) is 5.02 Å². The molecule has 0 radical (unpaired) electrons. The van der Waals surface area contributed by atoms with Gasteiger partial charge in [0.05, 0.1) is 15.5 Å². The van der Waals surface area contributed by atoms with Gasteiger partial charge in [-0.05, 0) is 26.1 Å². The molecule has 0 saturated heterocycles. The molecule has 6 heteroatoms. The Morgan fingerprint density at radius 2 is 2.05 bits per heavy atom. The van der Waals surface area contributed by atoms with Gasteiger partial charge in [0.15, 0.2) is 0 Å². The number of nitrogens with zero attached hydrogens (tertiary/aromatic N) is 2. The molecule has 0 amide bonds. The lowest BCUT2D eigenvalue weighted by Crippen LogP contribution is -2.38. The molecule has 0 aromatic heterocycles. The van der Waals surface area contributed by atoms with E-state index in [4.69, 9.17) is 11.6 Å². The van der Waals surface area contributed by atoms with Gasteiger partial charge >= 0.3 is 0 Å². The largest absolute Gasteiger partial charge is 0.309 e. The number of nitro groups is 1. The Morgan fingerprint density at radius 1 is 1.40 bits per heavy atom. The van der Waals surface area contributed by atoms with E-state index >= 15 is 0 Å². The second kappa shape index (κ2) is 8.19. The molecule has 0 bridgehead atoms. The minimum Gasteiger partial charge on any atom is -0.309 e. The standard InChI is InChI=1S/C14H22ClN3O2/c1-4-17(5-2)10-11(3)16-9-12-13(15)7-6-8-14(12)18(19)20/h6-8,11,16H,4-5,9-10H2,1-3H3. The van der Waals surface area contributed by atoms with Crippen molar-refractivity contribution in [1.29, 1.82) is 0 Å². The Bertz CT molecular complexity index is 450. The summed E-state index contributed by atoms with van der Waals surface area (Å²) in [5.74, 6) is 0. The zero-order chi connectivity index (χ0) is 15.1. The lowest BCUT2D eigenvalue weighted by atomic mass is 10.1. The first-order valence-corrected chi connectivity index (χ1v) is 7.24. The number of benzene rings is 1. The average molecular weight is 300 g/mol. The number of hydrogen-bond acceptors (Lipinski definition) is 4. The molecule has 0 fully saturated rings. The van der Waals surface area contributed by atoms with Gasteiger partial charge in [0, 0.05) is 25.2 Å². The normalized spacial score (nSPS) is 12.7. The Kier molecular flexibility index (Phi) is 6.91. The first-order valence-electron chi connectivity index (χ1n) is 6.87. The maximum Gasteiger partial charge on any atom is 0.275 e. The summed E-state index contributed by atoms with van der Waals surface area (Å²) in [6, 6.07) is 5.01. The number of nitro benzene ring substituents is 1. The fourth-order valence-corrected chi connectivity index (χ4v) is 2.34. The number of hydrogen-bond donors (Lipinski definition) is 1. The summed E-state index contributed by atoms with van der Waals surface area (Å²) >= 11 is 6.06. The first kappa shape index (κ1) is 16.9. The molecule has 20 heavy (non-hydrogen) atoms. The van der Waals surface area contributed by atoms with Gasteiger partial charge in [-0.25, -0.2) is 0 Å². The number of rotatable bonds is 8. The van der Waals surface area contributed by atoms with Crippen molar-refractivity contribution in [3.8, 4) is 0 Å². The molecule has 1 aromatic carbocycles. The average Bonchev–Trinajstić information content (AvgIpc) is 2.42. The van der Waals surface area contributed by atoms with Crippen LogP contribution in [0.15, 0.2) is 18.2 Å². The molecular weight excluding hydrogens is 278 g/mol. The zero-order valence-electron chi connectivity index (χ0n) is 12.2. The highest BCUT2D eigenvalue weighted by Crippen LogP contribution is 2.25. The van der Waals surface area contributed by atoms with Crippen LogP contribution in [0.25, 0.3) is 0 Å². The molecule has 5 nitrogen and oxygen atoms in total. The molecule has 0 spiro atoms. The van der Waals surface area contributed by atoms with Crippen LogP contribution in [-0.2, 0) is 6.54 Å². The van der Waals surface area contributed by atoms with Crippen molar-refractivity contribution in [3.63, 3.8) is 0 Å². The molecule has 112 valence electrons. The van der Waals surface area contributed by atoms with Crippen molar-refractivity contribution >= 4 is 17.3 Å². The van der Waals surface area contributed by atoms with Crippen molar-refractivity contribution in [2.24, 2.45) is 0 Å². The van der Waals surface area contributed by atoms with E-state index in [0.717, 1.165) is 19.6 Å². The summed E-state index contributed by atoms with van der Waals surface area (Å²) in [4.78, 5) is 12.9. The van der Waals surface area contributed by atoms with E-state index in [1.165, 1.54) is 6.07 Å². The third-order valence-electron chi connectivity index (χ3n) is 3.34. The van der Waals surface area contributed by atoms with Crippen molar-refractivity contribution in [1.82, 2.24) is 10.2 Å². The van der Waals surface area contributed by atoms with Gasteiger partial charge in [-0.15, -0.1) is 0 Å². The van der Waals surface area contributed by atoms with Crippen LogP contribution >= 0.6 is 11.6 Å². The Balaban J connectivity index is 2.68. The van der Waals surface area contributed by atoms with E-state index < -0.39 is 4.92 Å². The Labute approximate surface area is 125 Å². The molecule has 1 N–H and O–H groups in total. The zero-order valence-corrected chi connectivity index (χ0v) is 13.0. The summed E-state index contributed by atoms with van der Waals surface area (Å²) < 4.78 is 0. The Morgan fingerprint density at radius 3 is 2.60 bits per heavy atom. The first-order chi connectivity index (χ1) is 9.49. The molecule has 0 aliphatic carbocycles. The van der Waals surface area contributed by atoms with Crippen molar-refractivity contribution in [2.75, 3.05) is 19.6 Å². The summed E-state index contributed by atoms with van der Waals surface area (Å²) in [5, 5.41) is 14.7. The third kappa shape index (κ3) is 4.74. The predicted octanol–water partition coefficient (Wildman–Crippen LogP) is 3.07. The molecule has 0 aliphatic rings. The van der Waals surface area contributed by atoms with Gasteiger partial charge in [-0.2, -0.15) is 0 Å². The van der Waals surface area contributed by atoms with Crippen molar-refractivity contribution < 1.29 is 4.92 Å². The molecule has 1 unspecified atom stereocenters. The highest BCUT2D eigenvalue weighted by molar-refractivity contribution is 6.31. The summed E-state index contributed by atoms with van der Waals surface area (Å²) in [7, 11) is 0. The van der Waals surface area contributed by atoms with Crippen LogP contribution in [-0.4, -0.2) is 35.5 Å². The van der Waals surface area contributed by atoms with Crippen LogP contribution in [0.1, 0.15) is 26.3 Å². The van der Waals surface area contributed by atoms with E-state index in [9.17, 15) is 10.1 Å². The molecule has 1 atom stereocenters. The number of halogens is 1. The van der Waals surface area contributed by atoms with Crippen molar-refractivity contribution in [3.05, 3.63) is 38.9 Å². The van der Waals surface area contributed by atoms with Crippen molar-refractivity contribution in [2.45, 2.75) is 33.4 Å². The monoisotopic (exact) mass is 299 g/mol. The maximum absolute atomic E-state index is 11.0. The topological polar surface area (TPSA) is 58.4 Å². The van der Waals surface area contributed by atoms with Crippen LogP contribution in [0, 0.1) is 10.1 Å². The van der Waals surface area contributed by atoms with Gasteiger partial charge < -0.3 is 10.2 Å². The van der Waals surface area contributed by atoms with Crippen LogP contribution < -0.4 is 5.32 Å². The highest BCUT2D eigenvalue weighted by Gasteiger charge is 2.17. The van der Waals surface area contributed by atoms with Gasteiger partial charge in [0.25, 0.3) is 5.69 Å². The van der Waals surface area contributed by atoms with Gasteiger partial charge in [-0.1, -0.05) is 31.5 Å². The van der Waals surface area contributed by atoms with E-state index in [2.05, 4.69) is 31.0 Å². The minimum atomic E-state index is -0.391. The predicted molar refractivity (Wildman–Crippen MR) is 82.2 cm³/mol. The number of nitrogens with one attached hydrogen (secondary N) is 1. The Hall–Kier alpha value is -1.17. The lowest BCUT2D eigenvalue weighted by molar-refractivity contribution is -0.385. The second-order valence-electron chi connectivity index (χ2n) is 4.76. The number of likely N-dealkylation sites (N-methyl/N-ethyl adjacent to an activating group) is 1. The quantitative estimate of drug-likeness (QED) is 0.592. The fraction of sp³-hybridized carbons (Fsp3) is 0.571. The lowest BCUT2D eigenvalue weighted by Gasteiger charge is -2.23.